The van der Waals surface area contributed by atoms with Gasteiger partial charge in [0.2, 0.25) is 5.28 Å². The molecule has 2 heterocycles. The van der Waals surface area contributed by atoms with Crippen LogP contribution in [0.1, 0.15) is 21.5 Å². The van der Waals surface area contributed by atoms with E-state index in [1.807, 2.05) is 6.92 Å². The van der Waals surface area contributed by atoms with Crippen LogP contribution in [-0.2, 0) is 6.18 Å². The summed E-state index contributed by atoms with van der Waals surface area (Å²) in [5.74, 6) is 0.112. The van der Waals surface area contributed by atoms with Crippen molar-refractivity contribution in [2.75, 3.05) is 23.0 Å². The zero-order chi connectivity index (χ0) is 24.5. The molecule has 34 heavy (non-hydrogen) atoms. The van der Waals surface area contributed by atoms with Gasteiger partial charge in [0, 0.05) is 24.0 Å². The van der Waals surface area contributed by atoms with Crippen LogP contribution in [0.3, 0.4) is 0 Å². The van der Waals surface area contributed by atoms with Crippen molar-refractivity contribution in [3.05, 3.63) is 70.8 Å². The summed E-state index contributed by atoms with van der Waals surface area (Å²) in [7, 11) is 1.67. The molecular formula is C22H17ClF3N7O. The van der Waals surface area contributed by atoms with Crippen LogP contribution in [0, 0.1) is 6.92 Å². The molecule has 0 saturated heterocycles. The van der Waals surface area contributed by atoms with Crippen molar-refractivity contribution in [3.63, 3.8) is 0 Å². The Morgan fingerprint density at radius 1 is 1.00 bits per heavy atom. The van der Waals surface area contributed by atoms with Gasteiger partial charge in [0.15, 0.2) is 11.6 Å². The van der Waals surface area contributed by atoms with Crippen LogP contribution in [0.4, 0.5) is 36.2 Å². The number of anilines is 4. The number of amides is 1. The Balaban J connectivity index is 1.63. The summed E-state index contributed by atoms with van der Waals surface area (Å²) in [5.41, 5.74) is 1.60. The third-order valence-electron chi connectivity index (χ3n) is 4.89. The standard InChI is InChI=1S/C22H17ClF3N7O/c1-11-6-7-14(30-20(34)12-4-3-5-13(8-12)22(24,25)26)9-15(11)31-19-17-16(28-10-29-19)18(27-2)33-21(23)32-17/h3-10H,1-2H3,(H,30,34)(H,27,32,33)(H,28,29,31). The van der Waals surface area contributed by atoms with Crippen LogP contribution in [0.25, 0.3) is 11.0 Å². The second kappa shape index (κ2) is 9.10. The number of nitrogens with one attached hydrogen (secondary N) is 3. The van der Waals surface area contributed by atoms with Crippen molar-refractivity contribution < 1.29 is 18.0 Å². The van der Waals surface area contributed by atoms with Crippen molar-refractivity contribution in [2.45, 2.75) is 13.1 Å². The van der Waals surface area contributed by atoms with Gasteiger partial charge in [0.25, 0.3) is 5.91 Å². The second-order valence-electron chi connectivity index (χ2n) is 7.20. The lowest BCUT2D eigenvalue weighted by Gasteiger charge is -2.14. The molecule has 0 fully saturated rings. The molecule has 2 aromatic carbocycles. The summed E-state index contributed by atoms with van der Waals surface area (Å²) in [6.45, 7) is 1.84. The molecule has 174 valence electrons. The molecule has 0 saturated carbocycles. The quantitative estimate of drug-likeness (QED) is 0.322. The smallest absolute Gasteiger partial charge is 0.371 e. The topological polar surface area (TPSA) is 105 Å². The number of hydrogen-bond acceptors (Lipinski definition) is 7. The van der Waals surface area contributed by atoms with Crippen molar-refractivity contribution in [1.29, 1.82) is 0 Å². The molecule has 0 aliphatic carbocycles. The highest BCUT2D eigenvalue weighted by molar-refractivity contribution is 6.29. The SMILES string of the molecule is CNc1nc(Cl)nc2c(Nc3cc(NC(=O)c4cccc(C(F)(F)F)c4)ccc3C)ncnc12. The molecule has 0 atom stereocenters. The van der Waals surface area contributed by atoms with Gasteiger partial charge in [-0.25, -0.2) is 15.0 Å². The number of benzene rings is 2. The number of rotatable bonds is 5. The molecular weight excluding hydrogens is 471 g/mol. The van der Waals surface area contributed by atoms with Gasteiger partial charge in [0.1, 0.15) is 17.4 Å². The highest BCUT2D eigenvalue weighted by atomic mass is 35.5. The van der Waals surface area contributed by atoms with Gasteiger partial charge in [-0.3, -0.25) is 4.79 Å². The van der Waals surface area contributed by atoms with Crippen LogP contribution in [0.2, 0.25) is 5.28 Å². The lowest BCUT2D eigenvalue weighted by atomic mass is 10.1. The first-order valence-corrected chi connectivity index (χ1v) is 10.3. The zero-order valence-corrected chi connectivity index (χ0v) is 18.6. The van der Waals surface area contributed by atoms with Gasteiger partial charge < -0.3 is 16.0 Å². The first-order valence-electron chi connectivity index (χ1n) is 9.88. The number of fused-ring (bicyclic) bond motifs is 1. The van der Waals surface area contributed by atoms with E-state index in [-0.39, 0.29) is 10.8 Å². The number of aryl methyl sites for hydroxylation is 1. The Labute approximate surface area is 196 Å². The fourth-order valence-electron chi connectivity index (χ4n) is 3.19. The predicted octanol–water partition coefficient (Wildman–Crippen LogP) is 5.44. The maximum atomic E-state index is 13.0. The fraction of sp³-hybridized carbons (Fsp3) is 0.136. The van der Waals surface area contributed by atoms with Gasteiger partial charge in [-0.2, -0.15) is 18.2 Å². The number of carbonyl (C=O) groups is 1. The number of alkyl halides is 3. The van der Waals surface area contributed by atoms with Crippen molar-refractivity contribution in [2.24, 2.45) is 0 Å². The molecule has 0 aliphatic rings. The lowest BCUT2D eigenvalue weighted by molar-refractivity contribution is -0.137. The molecule has 1 amide bonds. The first-order chi connectivity index (χ1) is 16.2. The van der Waals surface area contributed by atoms with Crippen molar-refractivity contribution in [3.8, 4) is 0 Å². The molecule has 3 N–H and O–H groups in total. The Hall–Kier alpha value is -3.99. The molecule has 12 heteroatoms. The molecule has 4 aromatic rings. The van der Waals surface area contributed by atoms with E-state index in [0.717, 1.165) is 17.7 Å². The Morgan fingerprint density at radius 3 is 2.53 bits per heavy atom. The van der Waals surface area contributed by atoms with Crippen LogP contribution in [-0.4, -0.2) is 32.9 Å². The molecule has 8 nitrogen and oxygen atoms in total. The number of nitrogens with zero attached hydrogens (tertiary/aromatic N) is 4. The number of hydrogen-bond donors (Lipinski definition) is 3. The van der Waals surface area contributed by atoms with E-state index < -0.39 is 17.6 Å². The Morgan fingerprint density at radius 2 is 1.79 bits per heavy atom. The Bertz CT molecular complexity index is 1400. The van der Waals surface area contributed by atoms with Gasteiger partial charge >= 0.3 is 6.18 Å². The summed E-state index contributed by atoms with van der Waals surface area (Å²) >= 11 is 6.03. The summed E-state index contributed by atoms with van der Waals surface area (Å²) in [6, 6.07) is 9.23. The molecule has 0 bridgehead atoms. The summed E-state index contributed by atoms with van der Waals surface area (Å²) in [6.07, 6.45) is -3.20. The average Bonchev–Trinajstić information content (AvgIpc) is 2.80. The first kappa shape index (κ1) is 23.2. The van der Waals surface area contributed by atoms with Crippen molar-refractivity contribution >= 4 is 51.6 Å². The third kappa shape index (κ3) is 4.84. The van der Waals surface area contributed by atoms with E-state index in [4.69, 9.17) is 11.6 Å². The highest BCUT2D eigenvalue weighted by Crippen LogP contribution is 2.31. The van der Waals surface area contributed by atoms with E-state index in [1.54, 1.807) is 25.2 Å². The van der Waals surface area contributed by atoms with Gasteiger partial charge in [-0.15, -0.1) is 0 Å². The molecule has 2 aromatic heterocycles. The summed E-state index contributed by atoms with van der Waals surface area (Å²) < 4.78 is 38.9. The minimum absolute atomic E-state index is 0.00789. The maximum absolute atomic E-state index is 13.0. The third-order valence-corrected chi connectivity index (χ3v) is 5.06. The fourth-order valence-corrected chi connectivity index (χ4v) is 3.36. The lowest BCUT2D eigenvalue weighted by Crippen LogP contribution is -2.14. The van der Waals surface area contributed by atoms with Crippen LogP contribution >= 0.6 is 11.6 Å². The summed E-state index contributed by atoms with van der Waals surface area (Å²) in [4.78, 5) is 29.3. The molecule has 0 radical (unpaired) electrons. The largest absolute Gasteiger partial charge is 0.416 e. The van der Waals surface area contributed by atoms with Gasteiger partial charge in [0.05, 0.1) is 5.56 Å². The van der Waals surface area contributed by atoms with Crippen LogP contribution in [0.5, 0.6) is 0 Å². The molecule has 0 unspecified atom stereocenters. The zero-order valence-electron chi connectivity index (χ0n) is 17.8. The molecule has 4 rings (SSSR count). The maximum Gasteiger partial charge on any atom is 0.416 e. The molecule has 0 spiro atoms. The van der Waals surface area contributed by atoms with E-state index in [0.29, 0.717) is 34.0 Å². The van der Waals surface area contributed by atoms with Gasteiger partial charge in [-0.1, -0.05) is 12.1 Å². The van der Waals surface area contributed by atoms with Crippen LogP contribution < -0.4 is 16.0 Å². The van der Waals surface area contributed by atoms with Crippen LogP contribution in [0.15, 0.2) is 48.8 Å². The molecule has 0 aliphatic heterocycles. The van der Waals surface area contributed by atoms with Crippen molar-refractivity contribution in [1.82, 2.24) is 19.9 Å². The van der Waals surface area contributed by atoms with Gasteiger partial charge in [-0.05, 0) is 54.4 Å². The predicted molar refractivity (Wildman–Crippen MR) is 124 cm³/mol. The highest BCUT2D eigenvalue weighted by Gasteiger charge is 2.30. The monoisotopic (exact) mass is 487 g/mol. The second-order valence-corrected chi connectivity index (χ2v) is 7.54. The minimum Gasteiger partial charge on any atom is -0.371 e. The van der Waals surface area contributed by atoms with E-state index in [2.05, 4.69) is 35.9 Å². The number of aromatic nitrogens is 4. The van der Waals surface area contributed by atoms with E-state index in [1.165, 1.54) is 18.5 Å². The Kier molecular flexibility index (Phi) is 6.20. The summed E-state index contributed by atoms with van der Waals surface area (Å²) in [5, 5.41) is 8.68. The number of halogens is 4. The van der Waals surface area contributed by atoms with E-state index in [9.17, 15) is 18.0 Å². The average molecular weight is 488 g/mol. The van der Waals surface area contributed by atoms with E-state index >= 15 is 0 Å². The number of carbonyl (C=O) groups excluding carboxylic acids is 1. The normalized spacial score (nSPS) is 11.4. The minimum atomic E-state index is -4.54.